The molecule has 116 valence electrons. The number of anilines is 1. The molecule has 0 radical (unpaired) electrons. The van der Waals surface area contributed by atoms with Gasteiger partial charge in [-0.3, -0.25) is 10.3 Å². The van der Waals surface area contributed by atoms with E-state index in [0.29, 0.717) is 33.6 Å². The fraction of sp³-hybridized carbons (Fsp3) is 0.308. The molecule has 0 aromatic heterocycles. The van der Waals surface area contributed by atoms with Gasteiger partial charge in [-0.05, 0) is 18.2 Å². The molecule has 3 rings (SSSR count). The lowest BCUT2D eigenvalue weighted by molar-refractivity contribution is 0.145. The number of thiocarbonyl (C=S) groups is 1. The van der Waals surface area contributed by atoms with E-state index in [1.54, 1.807) is 12.1 Å². The minimum Gasteiger partial charge on any atom is -0.443 e. The van der Waals surface area contributed by atoms with Crippen molar-refractivity contribution in [1.82, 2.24) is 5.43 Å². The van der Waals surface area contributed by atoms with Crippen molar-refractivity contribution in [1.29, 1.82) is 0 Å². The first-order chi connectivity index (χ1) is 10.6. The molecule has 1 fully saturated rings. The lowest BCUT2D eigenvalue weighted by Crippen LogP contribution is -2.28. The molecule has 6 nitrogen and oxygen atoms in total. The Labute approximate surface area is 135 Å². The number of benzene rings is 1. The molecule has 3 N–H and O–H groups in total. The summed E-state index contributed by atoms with van der Waals surface area (Å²) >= 11 is 6.33. The number of hydrogen-bond donors (Lipinski definition) is 2. The highest BCUT2D eigenvalue weighted by Crippen LogP contribution is 2.26. The first-order valence-corrected chi connectivity index (χ1v) is 7.95. The number of cyclic esters (lactones) is 1. The Morgan fingerprint density at radius 2 is 2.41 bits per heavy atom. The summed E-state index contributed by atoms with van der Waals surface area (Å²) in [5.41, 5.74) is 8.97. The summed E-state index contributed by atoms with van der Waals surface area (Å²) in [7, 11) is 0. The lowest BCUT2D eigenvalue weighted by atomic mass is 10.2. The van der Waals surface area contributed by atoms with Crippen molar-refractivity contribution >= 4 is 45.8 Å². The summed E-state index contributed by atoms with van der Waals surface area (Å²) < 4.78 is 19.4. The van der Waals surface area contributed by atoms with Crippen molar-refractivity contribution in [3.05, 3.63) is 29.6 Å². The molecule has 1 saturated heterocycles. The molecule has 2 heterocycles. The van der Waals surface area contributed by atoms with Crippen LogP contribution in [0.4, 0.5) is 14.9 Å². The van der Waals surface area contributed by atoms with Gasteiger partial charge in [0.05, 0.1) is 18.0 Å². The van der Waals surface area contributed by atoms with Gasteiger partial charge in [-0.25, -0.2) is 9.18 Å². The SMILES string of the molecule is NC[C@H]1CN(c2ccc(C3=NNC(=S)CS3)c(F)c2)C(=O)O1. The molecular weight excluding hydrogens is 327 g/mol. The van der Waals surface area contributed by atoms with Crippen LogP contribution in [0.25, 0.3) is 0 Å². The summed E-state index contributed by atoms with van der Waals surface area (Å²) in [6.45, 7) is 0.557. The molecule has 0 spiro atoms. The summed E-state index contributed by atoms with van der Waals surface area (Å²) in [6, 6.07) is 4.55. The second-order valence-corrected chi connectivity index (χ2v) is 6.21. The van der Waals surface area contributed by atoms with E-state index in [-0.39, 0.29) is 12.6 Å². The van der Waals surface area contributed by atoms with Crippen LogP contribution < -0.4 is 16.1 Å². The Kier molecular flexibility index (Phi) is 4.27. The van der Waals surface area contributed by atoms with E-state index in [0.717, 1.165) is 0 Å². The van der Waals surface area contributed by atoms with E-state index in [2.05, 4.69) is 10.5 Å². The van der Waals surface area contributed by atoms with E-state index in [1.807, 2.05) is 0 Å². The average molecular weight is 340 g/mol. The number of amides is 1. The zero-order chi connectivity index (χ0) is 15.7. The number of carbonyl (C=O) groups excluding carboxylic acids is 1. The maximum absolute atomic E-state index is 14.3. The fourth-order valence-electron chi connectivity index (χ4n) is 2.15. The standard InChI is InChI=1S/C13H13FN4O2S2/c14-10-3-7(18-5-8(4-15)20-13(18)19)1-2-9(10)12-17-16-11(21)6-22-12/h1-3,8H,4-6,15H2,(H,16,21)/t8-/m0/s1. The van der Waals surface area contributed by atoms with Gasteiger partial charge < -0.3 is 10.5 Å². The topological polar surface area (TPSA) is 80.0 Å². The van der Waals surface area contributed by atoms with Crippen LogP contribution in [0.15, 0.2) is 23.3 Å². The highest BCUT2D eigenvalue weighted by atomic mass is 32.2. The van der Waals surface area contributed by atoms with Gasteiger partial charge in [0.25, 0.3) is 0 Å². The van der Waals surface area contributed by atoms with Crippen molar-refractivity contribution in [2.24, 2.45) is 10.8 Å². The van der Waals surface area contributed by atoms with Crippen molar-refractivity contribution in [3.63, 3.8) is 0 Å². The number of nitrogens with zero attached hydrogens (tertiary/aromatic N) is 2. The highest BCUT2D eigenvalue weighted by molar-refractivity contribution is 8.15. The molecule has 1 amide bonds. The van der Waals surface area contributed by atoms with Gasteiger partial charge >= 0.3 is 6.09 Å². The van der Waals surface area contributed by atoms with Crippen molar-refractivity contribution in [2.75, 3.05) is 23.7 Å². The number of hydrogen-bond acceptors (Lipinski definition) is 6. The number of halogens is 1. The van der Waals surface area contributed by atoms with E-state index in [4.69, 9.17) is 22.7 Å². The van der Waals surface area contributed by atoms with Crippen molar-refractivity contribution in [3.8, 4) is 0 Å². The maximum atomic E-state index is 14.3. The Morgan fingerprint density at radius 3 is 3.00 bits per heavy atom. The Bertz CT molecular complexity index is 667. The Morgan fingerprint density at radius 1 is 1.59 bits per heavy atom. The van der Waals surface area contributed by atoms with Gasteiger partial charge in [-0.1, -0.05) is 24.0 Å². The van der Waals surface area contributed by atoms with Gasteiger partial charge in [-0.15, -0.1) is 0 Å². The van der Waals surface area contributed by atoms with Gasteiger partial charge in [0.2, 0.25) is 0 Å². The van der Waals surface area contributed by atoms with Crippen LogP contribution in [-0.2, 0) is 4.74 Å². The quantitative estimate of drug-likeness (QED) is 0.811. The lowest BCUT2D eigenvalue weighted by Gasteiger charge is -2.16. The van der Waals surface area contributed by atoms with Crippen LogP contribution in [0.5, 0.6) is 0 Å². The summed E-state index contributed by atoms with van der Waals surface area (Å²) in [5.74, 6) is 0.105. The van der Waals surface area contributed by atoms with E-state index < -0.39 is 11.9 Å². The summed E-state index contributed by atoms with van der Waals surface area (Å²) in [5, 5.41) is 4.56. The molecule has 1 aromatic carbocycles. The van der Waals surface area contributed by atoms with Gasteiger partial charge in [-0.2, -0.15) is 5.10 Å². The van der Waals surface area contributed by atoms with Crippen LogP contribution in [0.3, 0.4) is 0 Å². The predicted molar refractivity (Wildman–Crippen MR) is 87.8 cm³/mol. The predicted octanol–water partition coefficient (Wildman–Crippen LogP) is 1.44. The zero-order valence-corrected chi connectivity index (χ0v) is 13.0. The summed E-state index contributed by atoms with van der Waals surface area (Å²) in [4.78, 5) is 13.7. The molecule has 2 aliphatic heterocycles. The van der Waals surface area contributed by atoms with Crippen LogP contribution in [0.2, 0.25) is 0 Å². The van der Waals surface area contributed by atoms with Crippen LogP contribution in [-0.4, -0.2) is 41.1 Å². The number of ether oxygens (including phenoxy) is 1. The number of nitrogens with two attached hydrogens (primary N) is 1. The molecule has 2 aliphatic rings. The molecule has 22 heavy (non-hydrogen) atoms. The number of thioether (sulfide) groups is 1. The number of nitrogens with one attached hydrogen (secondary N) is 1. The van der Waals surface area contributed by atoms with E-state index in [1.165, 1.54) is 22.7 Å². The van der Waals surface area contributed by atoms with Crippen molar-refractivity contribution < 1.29 is 13.9 Å². The normalized spacial score (nSPS) is 21.5. The number of rotatable bonds is 3. The molecule has 9 heteroatoms. The molecular formula is C13H13FN4O2S2. The Balaban J connectivity index is 1.84. The number of carbonyl (C=O) groups is 1. The maximum Gasteiger partial charge on any atom is 0.414 e. The highest BCUT2D eigenvalue weighted by Gasteiger charge is 2.32. The third-order valence-corrected chi connectivity index (χ3v) is 4.69. The zero-order valence-electron chi connectivity index (χ0n) is 11.4. The fourth-order valence-corrected chi connectivity index (χ4v) is 3.14. The van der Waals surface area contributed by atoms with Gasteiger partial charge in [0.15, 0.2) is 0 Å². The van der Waals surface area contributed by atoms with Gasteiger partial charge in [0, 0.05) is 12.1 Å². The molecule has 0 saturated carbocycles. The molecule has 1 aromatic rings. The average Bonchev–Trinajstić information content (AvgIpc) is 2.89. The van der Waals surface area contributed by atoms with Crippen LogP contribution >= 0.6 is 24.0 Å². The molecule has 0 aliphatic carbocycles. The summed E-state index contributed by atoms with van der Waals surface area (Å²) in [6.07, 6.45) is -0.877. The number of hydrazone groups is 1. The third-order valence-electron chi connectivity index (χ3n) is 3.25. The molecule has 0 bridgehead atoms. The minimum absolute atomic E-state index is 0.238. The van der Waals surface area contributed by atoms with E-state index in [9.17, 15) is 9.18 Å². The largest absolute Gasteiger partial charge is 0.443 e. The monoisotopic (exact) mass is 340 g/mol. The van der Waals surface area contributed by atoms with E-state index >= 15 is 0 Å². The Hall–Kier alpha value is -1.71. The molecule has 0 unspecified atom stereocenters. The van der Waals surface area contributed by atoms with Crippen molar-refractivity contribution in [2.45, 2.75) is 6.10 Å². The minimum atomic E-state index is -0.515. The third kappa shape index (κ3) is 2.92. The van der Waals surface area contributed by atoms with Gasteiger partial charge in [0.1, 0.15) is 22.0 Å². The van der Waals surface area contributed by atoms with Crippen LogP contribution in [0, 0.1) is 5.82 Å². The van der Waals surface area contributed by atoms with Crippen LogP contribution in [0.1, 0.15) is 5.56 Å². The molecule has 1 atom stereocenters. The first-order valence-electron chi connectivity index (χ1n) is 6.56. The second kappa shape index (κ2) is 6.19. The smallest absolute Gasteiger partial charge is 0.414 e. The first kappa shape index (κ1) is 15.2. The second-order valence-electron chi connectivity index (χ2n) is 4.76.